The molecule has 19 heavy (non-hydrogen) atoms. The third-order valence-corrected chi connectivity index (χ3v) is 4.02. The van der Waals surface area contributed by atoms with Crippen molar-refractivity contribution >= 4 is 0 Å². The molecule has 0 bridgehead atoms. The van der Waals surface area contributed by atoms with Crippen LogP contribution in [0.25, 0.3) is 0 Å². The zero-order valence-corrected chi connectivity index (χ0v) is 13.5. The van der Waals surface area contributed by atoms with E-state index >= 15 is 0 Å². The lowest BCUT2D eigenvalue weighted by Gasteiger charge is -2.38. The summed E-state index contributed by atoms with van der Waals surface area (Å²) in [4.78, 5) is 0. The molecule has 0 spiro atoms. The van der Waals surface area contributed by atoms with Gasteiger partial charge in [0.1, 0.15) is 0 Å². The van der Waals surface area contributed by atoms with Crippen LogP contribution in [0.4, 0.5) is 0 Å². The maximum atomic E-state index is 5.99. The first-order valence-corrected chi connectivity index (χ1v) is 8.32. The Labute approximate surface area is 120 Å². The molecular formula is C17H34O2. The predicted octanol–water partition coefficient (Wildman–Crippen LogP) is 5.16. The first-order chi connectivity index (χ1) is 9.09. The number of ether oxygens (including phenoxy) is 2. The summed E-state index contributed by atoms with van der Waals surface area (Å²) in [6, 6.07) is 0. The second kappa shape index (κ2) is 8.97. The van der Waals surface area contributed by atoms with E-state index in [1.165, 1.54) is 51.4 Å². The minimum Gasteiger partial charge on any atom is -0.352 e. The highest BCUT2D eigenvalue weighted by molar-refractivity contribution is 4.75. The van der Waals surface area contributed by atoms with E-state index in [1.807, 2.05) is 0 Å². The third kappa shape index (κ3) is 6.76. The Hall–Kier alpha value is -0.0800. The highest BCUT2D eigenvalue weighted by atomic mass is 16.7. The van der Waals surface area contributed by atoms with Gasteiger partial charge < -0.3 is 9.47 Å². The van der Waals surface area contributed by atoms with Crippen LogP contribution in [0.2, 0.25) is 0 Å². The second-order valence-corrected chi connectivity index (χ2v) is 6.91. The van der Waals surface area contributed by atoms with Gasteiger partial charge in [-0.25, -0.2) is 0 Å². The molecule has 0 amide bonds. The van der Waals surface area contributed by atoms with Gasteiger partial charge in [0.25, 0.3) is 0 Å². The average molecular weight is 270 g/mol. The molecule has 1 aliphatic heterocycles. The average Bonchev–Trinajstić information content (AvgIpc) is 2.39. The standard InChI is InChI=1S/C17H34O2/c1-5-7-9-10-12-15(11-8-6-2)16-18-13-17(3,4)14-19-16/h15-16H,5-14H2,1-4H3. The minimum absolute atomic E-state index is 0.0567. The van der Waals surface area contributed by atoms with E-state index in [-0.39, 0.29) is 11.7 Å². The van der Waals surface area contributed by atoms with Crippen molar-refractivity contribution in [1.29, 1.82) is 0 Å². The summed E-state index contributed by atoms with van der Waals surface area (Å²) in [7, 11) is 0. The summed E-state index contributed by atoms with van der Waals surface area (Å²) in [5.74, 6) is 0.605. The number of rotatable bonds is 9. The molecule has 0 aromatic rings. The van der Waals surface area contributed by atoms with Crippen LogP contribution in [-0.2, 0) is 9.47 Å². The minimum atomic E-state index is 0.0567. The lowest BCUT2D eigenvalue weighted by Crippen LogP contribution is -2.41. The van der Waals surface area contributed by atoms with Crippen LogP contribution < -0.4 is 0 Å². The normalized spacial score (nSPS) is 21.5. The Bertz CT molecular complexity index is 215. The van der Waals surface area contributed by atoms with Gasteiger partial charge >= 0.3 is 0 Å². The Morgan fingerprint density at radius 1 is 0.895 bits per heavy atom. The van der Waals surface area contributed by atoms with Crippen molar-refractivity contribution in [2.75, 3.05) is 13.2 Å². The molecular weight excluding hydrogens is 236 g/mol. The molecule has 0 N–H and O–H groups in total. The van der Waals surface area contributed by atoms with E-state index in [4.69, 9.17) is 9.47 Å². The molecule has 1 fully saturated rings. The maximum absolute atomic E-state index is 5.99. The van der Waals surface area contributed by atoms with E-state index < -0.39 is 0 Å². The Balaban J connectivity index is 2.35. The topological polar surface area (TPSA) is 18.5 Å². The summed E-state index contributed by atoms with van der Waals surface area (Å²) >= 11 is 0. The van der Waals surface area contributed by atoms with E-state index in [1.54, 1.807) is 0 Å². The van der Waals surface area contributed by atoms with Crippen molar-refractivity contribution in [3.05, 3.63) is 0 Å². The summed E-state index contributed by atoms with van der Waals surface area (Å²) < 4.78 is 12.0. The molecule has 0 aliphatic carbocycles. The molecule has 0 saturated carbocycles. The van der Waals surface area contributed by atoms with Crippen LogP contribution in [0, 0.1) is 11.3 Å². The van der Waals surface area contributed by atoms with Gasteiger partial charge in [-0.2, -0.15) is 0 Å². The second-order valence-electron chi connectivity index (χ2n) is 6.91. The van der Waals surface area contributed by atoms with Crippen molar-refractivity contribution in [3.8, 4) is 0 Å². The van der Waals surface area contributed by atoms with Crippen LogP contribution >= 0.6 is 0 Å². The van der Waals surface area contributed by atoms with Gasteiger partial charge in [-0.05, 0) is 12.8 Å². The largest absolute Gasteiger partial charge is 0.352 e. The van der Waals surface area contributed by atoms with Crippen molar-refractivity contribution in [3.63, 3.8) is 0 Å². The first-order valence-electron chi connectivity index (χ1n) is 8.32. The SMILES string of the molecule is CCCCCCC(CCCC)C1OCC(C)(C)CO1. The highest BCUT2D eigenvalue weighted by Gasteiger charge is 2.32. The summed E-state index contributed by atoms with van der Waals surface area (Å²) in [5, 5.41) is 0. The van der Waals surface area contributed by atoms with E-state index in [0.717, 1.165) is 13.2 Å². The number of hydrogen-bond acceptors (Lipinski definition) is 2. The molecule has 1 unspecified atom stereocenters. The molecule has 1 atom stereocenters. The van der Waals surface area contributed by atoms with Crippen molar-refractivity contribution < 1.29 is 9.47 Å². The molecule has 1 saturated heterocycles. The van der Waals surface area contributed by atoms with E-state index in [2.05, 4.69) is 27.7 Å². The summed E-state index contributed by atoms with van der Waals surface area (Å²) in [6.07, 6.45) is 10.5. The fourth-order valence-corrected chi connectivity index (χ4v) is 2.69. The van der Waals surface area contributed by atoms with Gasteiger partial charge in [0.05, 0.1) is 13.2 Å². The van der Waals surface area contributed by atoms with Crippen molar-refractivity contribution in [1.82, 2.24) is 0 Å². The van der Waals surface area contributed by atoms with Gasteiger partial charge in [0.15, 0.2) is 6.29 Å². The molecule has 1 heterocycles. The van der Waals surface area contributed by atoms with Gasteiger partial charge in [-0.15, -0.1) is 0 Å². The molecule has 1 aliphatic rings. The summed E-state index contributed by atoms with van der Waals surface area (Å²) in [5.41, 5.74) is 0.189. The van der Waals surface area contributed by atoms with Crippen LogP contribution in [0.15, 0.2) is 0 Å². The predicted molar refractivity (Wildman–Crippen MR) is 81.2 cm³/mol. The Kier molecular flexibility index (Phi) is 8.01. The molecule has 2 heteroatoms. The lowest BCUT2D eigenvalue weighted by molar-refractivity contribution is -0.245. The maximum Gasteiger partial charge on any atom is 0.160 e. The monoisotopic (exact) mass is 270 g/mol. The zero-order chi connectivity index (χ0) is 14.1. The van der Waals surface area contributed by atoms with Crippen LogP contribution in [-0.4, -0.2) is 19.5 Å². The smallest absolute Gasteiger partial charge is 0.160 e. The Morgan fingerprint density at radius 3 is 2.05 bits per heavy atom. The van der Waals surface area contributed by atoms with E-state index in [9.17, 15) is 0 Å². The molecule has 1 rings (SSSR count). The fraction of sp³-hybridized carbons (Fsp3) is 1.00. The van der Waals surface area contributed by atoms with Crippen LogP contribution in [0.3, 0.4) is 0 Å². The van der Waals surface area contributed by atoms with Crippen LogP contribution in [0.5, 0.6) is 0 Å². The van der Waals surface area contributed by atoms with Crippen molar-refractivity contribution in [2.24, 2.45) is 11.3 Å². The van der Waals surface area contributed by atoms with Gasteiger partial charge in [-0.1, -0.05) is 66.2 Å². The van der Waals surface area contributed by atoms with Gasteiger partial charge in [0.2, 0.25) is 0 Å². The number of hydrogen-bond donors (Lipinski definition) is 0. The molecule has 0 aromatic heterocycles. The molecule has 114 valence electrons. The molecule has 0 aromatic carbocycles. The highest BCUT2D eigenvalue weighted by Crippen LogP contribution is 2.30. The summed E-state index contributed by atoms with van der Waals surface area (Å²) in [6.45, 7) is 10.6. The Morgan fingerprint density at radius 2 is 1.47 bits per heavy atom. The molecule has 0 radical (unpaired) electrons. The third-order valence-electron chi connectivity index (χ3n) is 4.02. The molecule has 2 nitrogen and oxygen atoms in total. The zero-order valence-electron chi connectivity index (χ0n) is 13.5. The van der Waals surface area contributed by atoms with Gasteiger partial charge in [-0.3, -0.25) is 0 Å². The number of unbranched alkanes of at least 4 members (excludes halogenated alkanes) is 4. The van der Waals surface area contributed by atoms with Gasteiger partial charge in [0, 0.05) is 11.3 Å². The van der Waals surface area contributed by atoms with E-state index in [0.29, 0.717) is 5.92 Å². The first kappa shape index (κ1) is 17.0. The lowest BCUT2D eigenvalue weighted by atomic mass is 9.91. The quantitative estimate of drug-likeness (QED) is 0.539. The van der Waals surface area contributed by atoms with Crippen molar-refractivity contribution in [2.45, 2.75) is 85.4 Å². The fourth-order valence-electron chi connectivity index (χ4n) is 2.69. The van der Waals surface area contributed by atoms with Crippen LogP contribution in [0.1, 0.15) is 79.1 Å².